The van der Waals surface area contributed by atoms with Crippen molar-refractivity contribution >= 4 is 27.3 Å². The molecular formula is C13H19NO4S2. The molecule has 0 bridgehead atoms. The van der Waals surface area contributed by atoms with Crippen molar-refractivity contribution in [3.05, 3.63) is 16.3 Å². The van der Waals surface area contributed by atoms with Crippen LogP contribution in [-0.4, -0.2) is 36.4 Å². The van der Waals surface area contributed by atoms with Gasteiger partial charge in [-0.25, -0.2) is 13.2 Å². The molecule has 1 N–H and O–H groups in total. The van der Waals surface area contributed by atoms with Gasteiger partial charge in [0.05, 0.1) is 4.90 Å². The van der Waals surface area contributed by atoms with Gasteiger partial charge in [-0.3, -0.25) is 0 Å². The number of nitrogens with zero attached hydrogens (tertiary/aromatic N) is 1. The van der Waals surface area contributed by atoms with Crippen molar-refractivity contribution in [2.45, 2.75) is 50.0 Å². The second-order valence-electron chi connectivity index (χ2n) is 4.98. The predicted octanol–water partition coefficient (Wildman–Crippen LogP) is 2.79. The molecule has 1 aliphatic rings. The van der Waals surface area contributed by atoms with E-state index in [1.54, 1.807) is 4.31 Å². The first-order valence-corrected chi connectivity index (χ1v) is 9.12. The quantitative estimate of drug-likeness (QED) is 0.926. The zero-order valence-electron chi connectivity index (χ0n) is 11.4. The van der Waals surface area contributed by atoms with Crippen LogP contribution in [0, 0.1) is 0 Å². The van der Waals surface area contributed by atoms with Gasteiger partial charge in [-0.2, -0.15) is 4.31 Å². The van der Waals surface area contributed by atoms with Crippen molar-refractivity contribution in [3.8, 4) is 0 Å². The van der Waals surface area contributed by atoms with Crippen molar-refractivity contribution in [1.29, 1.82) is 0 Å². The number of carboxylic acids is 1. The molecule has 2 rings (SSSR count). The van der Waals surface area contributed by atoms with E-state index in [9.17, 15) is 13.2 Å². The van der Waals surface area contributed by atoms with Crippen molar-refractivity contribution in [1.82, 2.24) is 4.31 Å². The highest BCUT2D eigenvalue weighted by atomic mass is 32.2. The van der Waals surface area contributed by atoms with Crippen molar-refractivity contribution in [3.63, 3.8) is 0 Å². The monoisotopic (exact) mass is 317 g/mol. The van der Waals surface area contributed by atoms with Crippen molar-refractivity contribution in [2.24, 2.45) is 0 Å². The maximum atomic E-state index is 12.7. The predicted molar refractivity (Wildman–Crippen MR) is 77.7 cm³/mol. The van der Waals surface area contributed by atoms with Crippen LogP contribution in [0.4, 0.5) is 0 Å². The number of rotatable bonds is 4. The molecule has 112 valence electrons. The first-order valence-electron chi connectivity index (χ1n) is 6.80. The molecule has 1 saturated heterocycles. The van der Waals surface area contributed by atoms with Crippen LogP contribution in [0.15, 0.2) is 16.3 Å². The van der Waals surface area contributed by atoms with Crippen molar-refractivity contribution < 1.29 is 18.3 Å². The van der Waals surface area contributed by atoms with Gasteiger partial charge in [-0.15, -0.1) is 11.3 Å². The fourth-order valence-electron chi connectivity index (χ4n) is 2.58. The summed E-state index contributed by atoms with van der Waals surface area (Å²) in [5, 5.41) is 10.3. The van der Waals surface area contributed by atoms with E-state index in [2.05, 4.69) is 0 Å². The zero-order valence-corrected chi connectivity index (χ0v) is 13.0. The minimum Gasteiger partial charge on any atom is -0.477 e. The third-order valence-corrected chi connectivity index (χ3v) is 6.68. The molecule has 2 heterocycles. The maximum absolute atomic E-state index is 12.7. The molecule has 0 aromatic carbocycles. The van der Waals surface area contributed by atoms with Gasteiger partial charge < -0.3 is 5.11 Å². The number of sulfonamides is 1. The molecule has 0 aliphatic carbocycles. The first-order chi connectivity index (χ1) is 9.46. The zero-order chi connectivity index (χ0) is 14.8. The average molecular weight is 317 g/mol. The van der Waals surface area contributed by atoms with Crippen LogP contribution in [0.5, 0.6) is 0 Å². The van der Waals surface area contributed by atoms with Crippen LogP contribution in [0.2, 0.25) is 0 Å². The lowest BCUT2D eigenvalue weighted by Crippen LogP contribution is -2.39. The molecule has 0 spiro atoms. The van der Waals surface area contributed by atoms with Crippen LogP contribution >= 0.6 is 11.3 Å². The largest absolute Gasteiger partial charge is 0.477 e. The van der Waals surface area contributed by atoms with E-state index in [1.165, 1.54) is 11.4 Å². The number of thiophene rings is 1. The molecule has 1 aromatic heterocycles. The molecule has 20 heavy (non-hydrogen) atoms. The normalized spacial score (nSPS) is 21.6. The number of carboxylic acid groups (broad SMARTS) is 1. The lowest BCUT2D eigenvalue weighted by atomic mass is 10.1. The Bertz CT molecular complexity index is 579. The number of aromatic carboxylic acids is 1. The van der Waals surface area contributed by atoms with Gasteiger partial charge >= 0.3 is 5.97 Å². The summed E-state index contributed by atoms with van der Waals surface area (Å²) in [5.74, 6) is -1.08. The summed E-state index contributed by atoms with van der Waals surface area (Å²) in [5.41, 5.74) is 0. The van der Waals surface area contributed by atoms with Gasteiger partial charge in [0.25, 0.3) is 0 Å². The third kappa shape index (κ3) is 3.05. The Morgan fingerprint density at radius 2 is 2.20 bits per heavy atom. The lowest BCUT2D eigenvalue weighted by molar-refractivity contribution is 0.0702. The van der Waals surface area contributed by atoms with E-state index in [0.29, 0.717) is 6.54 Å². The molecule has 0 amide bonds. The first kappa shape index (κ1) is 15.5. The Morgan fingerprint density at radius 1 is 1.45 bits per heavy atom. The van der Waals surface area contributed by atoms with Gasteiger partial charge in [0, 0.05) is 18.0 Å². The molecule has 7 heteroatoms. The van der Waals surface area contributed by atoms with Gasteiger partial charge in [0.2, 0.25) is 10.0 Å². The number of hydrogen-bond donors (Lipinski definition) is 1. The minimum absolute atomic E-state index is 0.0238. The summed E-state index contributed by atoms with van der Waals surface area (Å²) < 4.78 is 26.9. The van der Waals surface area contributed by atoms with Crippen molar-refractivity contribution in [2.75, 3.05) is 6.54 Å². The van der Waals surface area contributed by atoms with E-state index in [4.69, 9.17) is 5.11 Å². The average Bonchev–Trinajstić information content (AvgIpc) is 2.78. The summed E-state index contributed by atoms with van der Waals surface area (Å²) in [4.78, 5) is 11.1. The summed E-state index contributed by atoms with van der Waals surface area (Å²) in [7, 11) is -3.58. The maximum Gasteiger partial charge on any atom is 0.345 e. The van der Waals surface area contributed by atoms with Gasteiger partial charge in [0.15, 0.2) is 0 Å². The van der Waals surface area contributed by atoms with E-state index >= 15 is 0 Å². The van der Waals surface area contributed by atoms with E-state index < -0.39 is 16.0 Å². The summed E-state index contributed by atoms with van der Waals surface area (Å²) in [6.07, 6.45) is 4.63. The molecule has 1 aromatic rings. The molecule has 0 radical (unpaired) electrons. The minimum atomic E-state index is -3.58. The van der Waals surface area contributed by atoms with Gasteiger partial charge in [-0.05, 0) is 25.3 Å². The molecule has 1 unspecified atom stereocenters. The van der Waals surface area contributed by atoms with E-state index in [1.807, 2.05) is 6.92 Å². The van der Waals surface area contributed by atoms with Crippen LogP contribution in [-0.2, 0) is 10.0 Å². The highest BCUT2D eigenvalue weighted by Crippen LogP contribution is 2.28. The Labute approximate surface area is 123 Å². The van der Waals surface area contributed by atoms with Crippen LogP contribution < -0.4 is 0 Å². The molecule has 1 fully saturated rings. The molecule has 0 saturated carbocycles. The summed E-state index contributed by atoms with van der Waals surface area (Å²) in [6, 6.07) is 1.29. The van der Waals surface area contributed by atoms with Crippen LogP contribution in [0.3, 0.4) is 0 Å². The van der Waals surface area contributed by atoms with Crippen LogP contribution in [0.1, 0.15) is 48.7 Å². The second-order valence-corrected chi connectivity index (χ2v) is 7.78. The number of hydrogen-bond acceptors (Lipinski definition) is 4. The van der Waals surface area contributed by atoms with Gasteiger partial charge in [-0.1, -0.05) is 19.8 Å². The molecule has 1 atom stereocenters. The Hall–Kier alpha value is -0.920. The highest BCUT2D eigenvalue weighted by Gasteiger charge is 2.32. The summed E-state index contributed by atoms with van der Waals surface area (Å²) in [6.45, 7) is 2.52. The Morgan fingerprint density at radius 3 is 2.80 bits per heavy atom. The third-order valence-electron chi connectivity index (χ3n) is 3.69. The number of carbonyl (C=O) groups is 1. The van der Waals surface area contributed by atoms with Crippen LogP contribution in [0.25, 0.3) is 0 Å². The second kappa shape index (κ2) is 6.24. The summed E-state index contributed by atoms with van der Waals surface area (Å²) >= 11 is 0.957. The fourth-order valence-corrected chi connectivity index (χ4v) is 5.44. The van der Waals surface area contributed by atoms with Gasteiger partial charge in [0.1, 0.15) is 4.88 Å². The molecule has 1 aliphatic heterocycles. The highest BCUT2D eigenvalue weighted by molar-refractivity contribution is 7.89. The Balaban J connectivity index is 2.33. The molecular weight excluding hydrogens is 298 g/mol. The molecule has 5 nitrogen and oxygen atoms in total. The van der Waals surface area contributed by atoms with E-state index in [0.717, 1.165) is 43.4 Å². The standard InChI is InChI=1S/C13H19NO4S2/c1-2-10-6-4-3-5-7-14(10)20(17,18)11-8-12(13(15)16)19-9-11/h8-10H,2-7H2,1H3,(H,15,16). The smallest absolute Gasteiger partial charge is 0.345 e. The fraction of sp³-hybridized carbons (Fsp3) is 0.615. The SMILES string of the molecule is CCC1CCCCCN1S(=O)(=O)c1csc(C(=O)O)c1. The lowest BCUT2D eigenvalue weighted by Gasteiger charge is -2.27. The topological polar surface area (TPSA) is 74.7 Å². The Kier molecular flexibility index (Phi) is 4.82. The van der Waals surface area contributed by atoms with E-state index in [-0.39, 0.29) is 15.8 Å².